The van der Waals surface area contributed by atoms with Crippen LogP contribution in [0.1, 0.15) is 26.2 Å². The molecule has 0 atom stereocenters. The van der Waals surface area contributed by atoms with Crippen LogP contribution in [-0.4, -0.2) is 53.9 Å². The van der Waals surface area contributed by atoms with Crippen molar-refractivity contribution in [1.29, 1.82) is 0 Å². The van der Waals surface area contributed by atoms with Gasteiger partial charge in [0.1, 0.15) is 0 Å². The van der Waals surface area contributed by atoms with E-state index in [0.29, 0.717) is 18.0 Å². The minimum atomic E-state index is -3.58. The second kappa shape index (κ2) is 10.1. The van der Waals surface area contributed by atoms with Crippen LogP contribution in [0.4, 0.5) is 0 Å². The van der Waals surface area contributed by atoms with Crippen molar-refractivity contribution in [3.8, 4) is 11.5 Å². The predicted molar refractivity (Wildman–Crippen MR) is 107 cm³/mol. The Bertz CT molecular complexity index is 733. The molecule has 27 heavy (non-hydrogen) atoms. The third-order valence-corrected chi connectivity index (χ3v) is 6.55. The molecular formula is C18H29ClN2O5S. The van der Waals surface area contributed by atoms with E-state index in [0.717, 1.165) is 25.9 Å². The Balaban J connectivity index is 0.00000364. The van der Waals surface area contributed by atoms with Crippen molar-refractivity contribution < 1.29 is 22.7 Å². The van der Waals surface area contributed by atoms with Crippen molar-refractivity contribution in [2.45, 2.75) is 31.1 Å². The van der Waals surface area contributed by atoms with Gasteiger partial charge in [-0.3, -0.25) is 4.79 Å². The number of methoxy groups -OCH3 is 2. The molecule has 0 aliphatic carbocycles. The molecule has 1 fully saturated rings. The Morgan fingerprint density at radius 1 is 1.19 bits per heavy atom. The van der Waals surface area contributed by atoms with Gasteiger partial charge in [0.15, 0.2) is 21.3 Å². The summed E-state index contributed by atoms with van der Waals surface area (Å²) >= 11 is 0. The van der Waals surface area contributed by atoms with Crippen molar-refractivity contribution in [2.75, 3.05) is 39.6 Å². The average Bonchev–Trinajstić information content (AvgIpc) is 2.64. The molecule has 9 heteroatoms. The first-order chi connectivity index (χ1) is 12.3. The first kappa shape index (κ1) is 23.5. The number of sulfone groups is 1. The van der Waals surface area contributed by atoms with Gasteiger partial charge in [-0.15, -0.1) is 12.4 Å². The van der Waals surface area contributed by atoms with Crippen LogP contribution in [0.15, 0.2) is 23.1 Å². The molecule has 0 saturated carbocycles. The maximum atomic E-state index is 12.5. The standard InChI is InChI=1S/C18H28N2O5S.ClH/c1-18(7-9-19-10-8-18)13-20-17(21)6-11-26(22,23)14-4-5-15(24-2)16(12-14)25-3;/h4-5,12,19H,6-11,13H2,1-3H3,(H,20,21);1H. The lowest BCUT2D eigenvalue weighted by Gasteiger charge is -2.34. The number of rotatable bonds is 8. The molecule has 1 aromatic rings. The Labute approximate surface area is 167 Å². The highest BCUT2D eigenvalue weighted by Crippen LogP contribution is 2.30. The number of nitrogens with one attached hydrogen (secondary N) is 2. The summed E-state index contributed by atoms with van der Waals surface area (Å²) in [4.78, 5) is 12.2. The van der Waals surface area contributed by atoms with E-state index in [1.807, 2.05) is 0 Å². The molecule has 1 aromatic carbocycles. The summed E-state index contributed by atoms with van der Waals surface area (Å²) in [6.07, 6.45) is 1.93. The molecule has 2 rings (SSSR count). The van der Waals surface area contributed by atoms with Crippen LogP contribution in [0.3, 0.4) is 0 Å². The van der Waals surface area contributed by atoms with E-state index in [1.165, 1.54) is 26.4 Å². The molecular weight excluding hydrogens is 392 g/mol. The molecule has 0 aromatic heterocycles. The van der Waals surface area contributed by atoms with Gasteiger partial charge < -0.3 is 20.1 Å². The Morgan fingerprint density at radius 2 is 1.81 bits per heavy atom. The maximum Gasteiger partial charge on any atom is 0.221 e. The van der Waals surface area contributed by atoms with Crippen LogP contribution in [0.2, 0.25) is 0 Å². The minimum absolute atomic E-state index is 0. The average molecular weight is 421 g/mol. The molecule has 0 spiro atoms. The normalized spacial score (nSPS) is 16.1. The Hall–Kier alpha value is -1.51. The Kier molecular flexibility index (Phi) is 8.84. The van der Waals surface area contributed by atoms with E-state index in [2.05, 4.69) is 17.6 Å². The minimum Gasteiger partial charge on any atom is -0.493 e. The van der Waals surface area contributed by atoms with E-state index >= 15 is 0 Å². The monoisotopic (exact) mass is 420 g/mol. The highest BCUT2D eigenvalue weighted by atomic mass is 35.5. The van der Waals surface area contributed by atoms with Gasteiger partial charge in [0, 0.05) is 19.0 Å². The summed E-state index contributed by atoms with van der Waals surface area (Å²) in [5, 5.41) is 6.18. The van der Waals surface area contributed by atoms with Crippen molar-refractivity contribution in [3.63, 3.8) is 0 Å². The van der Waals surface area contributed by atoms with Crippen LogP contribution >= 0.6 is 12.4 Å². The first-order valence-corrected chi connectivity index (χ1v) is 10.4. The number of halogens is 1. The summed E-state index contributed by atoms with van der Waals surface area (Å²) in [7, 11) is -0.645. The van der Waals surface area contributed by atoms with Gasteiger partial charge in [0.2, 0.25) is 5.91 Å². The van der Waals surface area contributed by atoms with Crippen molar-refractivity contribution in [1.82, 2.24) is 10.6 Å². The second-order valence-electron chi connectivity index (χ2n) is 6.92. The topological polar surface area (TPSA) is 93.7 Å². The number of hydrogen-bond donors (Lipinski definition) is 2. The van der Waals surface area contributed by atoms with Crippen LogP contribution in [0.25, 0.3) is 0 Å². The van der Waals surface area contributed by atoms with Gasteiger partial charge in [-0.05, 0) is 43.5 Å². The lowest BCUT2D eigenvalue weighted by molar-refractivity contribution is -0.121. The van der Waals surface area contributed by atoms with Gasteiger partial charge in [0.25, 0.3) is 0 Å². The third-order valence-electron chi connectivity index (χ3n) is 4.83. The highest BCUT2D eigenvalue weighted by Gasteiger charge is 2.27. The van der Waals surface area contributed by atoms with Gasteiger partial charge in [-0.1, -0.05) is 6.92 Å². The molecule has 1 heterocycles. The predicted octanol–water partition coefficient (Wildman–Crippen LogP) is 1.80. The van der Waals surface area contributed by atoms with Gasteiger partial charge in [-0.2, -0.15) is 0 Å². The molecule has 7 nitrogen and oxygen atoms in total. The molecule has 0 unspecified atom stereocenters. The zero-order chi connectivity index (χ0) is 19.2. The van der Waals surface area contributed by atoms with E-state index in [9.17, 15) is 13.2 Å². The number of hydrogen-bond acceptors (Lipinski definition) is 6. The summed E-state index contributed by atoms with van der Waals surface area (Å²) < 4.78 is 35.2. The fourth-order valence-corrected chi connectivity index (χ4v) is 4.21. The third kappa shape index (κ3) is 6.55. The SMILES string of the molecule is COc1ccc(S(=O)(=O)CCC(=O)NCC2(C)CCNCC2)cc1OC.Cl. The molecule has 1 aliphatic rings. The molecule has 1 saturated heterocycles. The summed E-state index contributed by atoms with van der Waals surface area (Å²) in [6.45, 7) is 4.61. The number of piperidine rings is 1. The van der Waals surface area contributed by atoms with Crippen molar-refractivity contribution in [2.24, 2.45) is 5.41 Å². The van der Waals surface area contributed by atoms with Gasteiger partial charge in [-0.25, -0.2) is 8.42 Å². The summed E-state index contributed by atoms with van der Waals surface area (Å²) in [5.41, 5.74) is 0.0726. The van der Waals surface area contributed by atoms with Crippen molar-refractivity contribution >= 4 is 28.2 Å². The summed E-state index contributed by atoms with van der Waals surface area (Å²) in [5.74, 6) is 0.317. The molecule has 154 valence electrons. The number of benzene rings is 1. The first-order valence-electron chi connectivity index (χ1n) is 8.72. The quantitative estimate of drug-likeness (QED) is 0.666. The van der Waals surface area contributed by atoms with E-state index < -0.39 is 9.84 Å². The molecule has 1 aliphatic heterocycles. The fourth-order valence-electron chi connectivity index (χ4n) is 2.96. The maximum absolute atomic E-state index is 12.5. The van der Waals surface area contributed by atoms with Crippen LogP contribution in [0, 0.1) is 5.41 Å². The van der Waals surface area contributed by atoms with Crippen LogP contribution < -0.4 is 20.1 Å². The number of carbonyl (C=O) groups excluding carboxylic acids is 1. The zero-order valence-corrected chi connectivity index (χ0v) is 17.7. The van der Waals surface area contributed by atoms with Crippen LogP contribution in [-0.2, 0) is 14.6 Å². The lowest BCUT2D eigenvalue weighted by atomic mass is 9.81. The molecule has 0 bridgehead atoms. The largest absolute Gasteiger partial charge is 0.493 e. The number of ether oxygens (including phenoxy) is 2. The summed E-state index contributed by atoms with van der Waals surface area (Å²) in [6, 6.07) is 4.43. The Morgan fingerprint density at radius 3 is 2.41 bits per heavy atom. The van der Waals surface area contributed by atoms with Crippen LogP contribution in [0.5, 0.6) is 11.5 Å². The molecule has 1 amide bonds. The van der Waals surface area contributed by atoms with E-state index in [4.69, 9.17) is 9.47 Å². The molecule has 0 radical (unpaired) electrons. The zero-order valence-electron chi connectivity index (χ0n) is 16.0. The number of carbonyl (C=O) groups is 1. The van der Waals surface area contributed by atoms with E-state index in [1.54, 1.807) is 6.07 Å². The lowest BCUT2D eigenvalue weighted by Crippen LogP contribution is -2.43. The van der Waals surface area contributed by atoms with Gasteiger partial charge >= 0.3 is 0 Å². The van der Waals surface area contributed by atoms with Gasteiger partial charge in [0.05, 0.1) is 24.9 Å². The second-order valence-corrected chi connectivity index (χ2v) is 9.03. The van der Waals surface area contributed by atoms with Crippen molar-refractivity contribution in [3.05, 3.63) is 18.2 Å². The highest BCUT2D eigenvalue weighted by molar-refractivity contribution is 7.91. The molecule has 2 N–H and O–H groups in total. The smallest absolute Gasteiger partial charge is 0.221 e. The fraction of sp³-hybridized carbons (Fsp3) is 0.611. The van der Waals surface area contributed by atoms with E-state index in [-0.39, 0.29) is 40.8 Å². The number of amides is 1.